The number of para-hydroxylation sites is 1. The Kier molecular flexibility index (Phi) is 4.28. The molecule has 2 nitrogen and oxygen atoms in total. The third-order valence-corrected chi connectivity index (χ3v) is 2.30. The van der Waals surface area contributed by atoms with Crippen LogP contribution >= 0.6 is 11.6 Å². The number of halogens is 1. The van der Waals surface area contributed by atoms with E-state index in [1.807, 2.05) is 54.6 Å². The minimum Gasteiger partial charge on any atom is -0.492 e. The molecule has 2 rings (SSSR count). The van der Waals surface area contributed by atoms with Crippen LogP contribution in [0.4, 0.5) is 0 Å². The normalized spacial score (nSPS) is 9.94. The zero-order chi connectivity index (χ0) is 11.9. The molecule has 0 saturated carbocycles. The first-order valence-corrected chi connectivity index (χ1v) is 5.93. The molecule has 0 unspecified atom stereocenters. The molecular weight excluding hydrogens is 236 g/mol. The summed E-state index contributed by atoms with van der Waals surface area (Å²) in [6.07, 6.45) is 0. The number of hydrogen-bond acceptors (Lipinski definition) is 2. The Hall–Kier alpha value is -1.67. The molecule has 0 bridgehead atoms. The molecule has 2 aromatic carbocycles. The first kappa shape index (κ1) is 11.8. The maximum atomic E-state index is 5.66. The lowest BCUT2D eigenvalue weighted by molar-refractivity contribution is 0.342. The third kappa shape index (κ3) is 3.68. The summed E-state index contributed by atoms with van der Waals surface area (Å²) in [6.45, 7) is 0.514. The van der Waals surface area contributed by atoms with E-state index in [0.29, 0.717) is 12.5 Å². The van der Waals surface area contributed by atoms with Gasteiger partial charge in [0.25, 0.3) is 0 Å². The van der Waals surface area contributed by atoms with Gasteiger partial charge in [-0.15, -0.1) is 11.6 Å². The highest BCUT2D eigenvalue weighted by molar-refractivity contribution is 6.17. The van der Waals surface area contributed by atoms with Gasteiger partial charge in [0.1, 0.15) is 23.9 Å². The number of alkyl halides is 1. The fraction of sp³-hybridized carbons (Fsp3) is 0.143. The second kappa shape index (κ2) is 6.16. The van der Waals surface area contributed by atoms with Crippen molar-refractivity contribution >= 4 is 11.6 Å². The molecule has 0 amide bonds. The molecule has 0 heterocycles. The highest BCUT2D eigenvalue weighted by atomic mass is 35.5. The maximum absolute atomic E-state index is 5.66. The lowest BCUT2D eigenvalue weighted by Crippen LogP contribution is -1.97. The van der Waals surface area contributed by atoms with E-state index >= 15 is 0 Å². The van der Waals surface area contributed by atoms with Crippen molar-refractivity contribution in [3.63, 3.8) is 0 Å². The molecule has 0 radical (unpaired) electrons. The van der Waals surface area contributed by atoms with Crippen LogP contribution in [0.25, 0.3) is 0 Å². The molecule has 0 saturated heterocycles. The van der Waals surface area contributed by atoms with Gasteiger partial charge in [-0.05, 0) is 36.4 Å². The third-order valence-electron chi connectivity index (χ3n) is 2.15. The van der Waals surface area contributed by atoms with Gasteiger partial charge in [0.2, 0.25) is 0 Å². The van der Waals surface area contributed by atoms with Gasteiger partial charge in [0, 0.05) is 0 Å². The Balaban J connectivity index is 1.98. The summed E-state index contributed by atoms with van der Waals surface area (Å²) < 4.78 is 11.0. The second-order valence-electron chi connectivity index (χ2n) is 3.42. The van der Waals surface area contributed by atoms with Crippen molar-refractivity contribution in [3.8, 4) is 17.2 Å². The van der Waals surface area contributed by atoms with Crippen LogP contribution in [0.1, 0.15) is 0 Å². The quantitative estimate of drug-likeness (QED) is 0.742. The number of hydrogen-bond donors (Lipinski definition) is 0. The minimum absolute atomic E-state index is 0.488. The van der Waals surface area contributed by atoms with Crippen LogP contribution in [-0.4, -0.2) is 12.5 Å². The number of benzene rings is 2. The molecule has 0 aliphatic carbocycles. The van der Waals surface area contributed by atoms with Crippen molar-refractivity contribution < 1.29 is 9.47 Å². The minimum atomic E-state index is 0.488. The molecular formula is C14H13ClO2. The zero-order valence-corrected chi connectivity index (χ0v) is 10.1. The van der Waals surface area contributed by atoms with Crippen LogP contribution < -0.4 is 9.47 Å². The lowest BCUT2D eigenvalue weighted by Gasteiger charge is -2.07. The van der Waals surface area contributed by atoms with Crippen LogP contribution in [-0.2, 0) is 0 Å². The van der Waals surface area contributed by atoms with Crippen molar-refractivity contribution in [2.45, 2.75) is 0 Å². The monoisotopic (exact) mass is 248 g/mol. The largest absolute Gasteiger partial charge is 0.492 e. The molecule has 2 aromatic rings. The zero-order valence-electron chi connectivity index (χ0n) is 9.30. The molecule has 0 fully saturated rings. The summed E-state index contributed by atoms with van der Waals surface area (Å²) in [7, 11) is 0. The van der Waals surface area contributed by atoms with Crippen molar-refractivity contribution in [3.05, 3.63) is 54.6 Å². The van der Waals surface area contributed by atoms with E-state index < -0.39 is 0 Å². The molecule has 0 aliphatic heterocycles. The van der Waals surface area contributed by atoms with Gasteiger partial charge in [-0.2, -0.15) is 0 Å². The van der Waals surface area contributed by atoms with Gasteiger partial charge >= 0.3 is 0 Å². The summed E-state index contributed by atoms with van der Waals surface area (Å²) in [5, 5.41) is 0. The molecule has 0 aromatic heterocycles. The predicted molar refractivity (Wildman–Crippen MR) is 69.2 cm³/mol. The lowest BCUT2D eigenvalue weighted by atomic mass is 10.3. The maximum Gasteiger partial charge on any atom is 0.127 e. The molecule has 0 N–H and O–H groups in total. The van der Waals surface area contributed by atoms with Crippen LogP contribution in [0.2, 0.25) is 0 Å². The van der Waals surface area contributed by atoms with Gasteiger partial charge in [-0.1, -0.05) is 18.2 Å². The van der Waals surface area contributed by atoms with Gasteiger partial charge < -0.3 is 9.47 Å². The Morgan fingerprint density at radius 3 is 2.00 bits per heavy atom. The molecule has 17 heavy (non-hydrogen) atoms. The average Bonchev–Trinajstić information content (AvgIpc) is 2.39. The molecule has 0 spiro atoms. The highest BCUT2D eigenvalue weighted by Gasteiger charge is 1.97. The molecule has 3 heteroatoms. The van der Waals surface area contributed by atoms with E-state index in [1.165, 1.54) is 0 Å². The van der Waals surface area contributed by atoms with E-state index in [4.69, 9.17) is 21.1 Å². The fourth-order valence-electron chi connectivity index (χ4n) is 1.38. The van der Waals surface area contributed by atoms with Gasteiger partial charge in [0.15, 0.2) is 0 Å². The second-order valence-corrected chi connectivity index (χ2v) is 3.80. The molecule has 88 valence electrons. The van der Waals surface area contributed by atoms with Gasteiger partial charge in [-0.25, -0.2) is 0 Å². The highest BCUT2D eigenvalue weighted by Crippen LogP contribution is 2.23. The summed E-state index contributed by atoms with van der Waals surface area (Å²) in [4.78, 5) is 0. The first-order chi connectivity index (χ1) is 8.38. The van der Waals surface area contributed by atoms with Crippen molar-refractivity contribution in [1.29, 1.82) is 0 Å². The van der Waals surface area contributed by atoms with Crippen LogP contribution in [0.3, 0.4) is 0 Å². The topological polar surface area (TPSA) is 18.5 Å². The standard InChI is InChI=1S/C14H13ClO2/c15-10-11-16-12-6-8-14(9-7-12)17-13-4-2-1-3-5-13/h1-9H,10-11H2. The summed E-state index contributed by atoms with van der Waals surface area (Å²) in [5.41, 5.74) is 0. The molecule has 0 atom stereocenters. The smallest absolute Gasteiger partial charge is 0.127 e. The van der Waals surface area contributed by atoms with Crippen LogP contribution in [0.15, 0.2) is 54.6 Å². The first-order valence-electron chi connectivity index (χ1n) is 5.40. The SMILES string of the molecule is ClCCOc1ccc(Oc2ccccc2)cc1. The van der Waals surface area contributed by atoms with Crippen molar-refractivity contribution in [2.24, 2.45) is 0 Å². The van der Waals surface area contributed by atoms with Crippen molar-refractivity contribution in [1.82, 2.24) is 0 Å². The number of rotatable bonds is 5. The Morgan fingerprint density at radius 1 is 0.765 bits per heavy atom. The van der Waals surface area contributed by atoms with Crippen LogP contribution in [0.5, 0.6) is 17.2 Å². The fourth-order valence-corrected chi connectivity index (χ4v) is 1.46. The van der Waals surface area contributed by atoms with Gasteiger partial charge in [0.05, 0.1) is 5.88 Å². The molecule has 0 aliphatic rings. The van der Waals surface area contributed by atoms with E-state index in [1.54, 1.807) is 0 Å². The van der Waals surface area contributed by atoms with Gasteiger partial charge in [-0.3, -0.25) is 0 Å². The Morgan fingerprint density at radius 2 is 1.35 bits per heavy atom. The summed E-state index contributed by atoms with van der Waals surface area (Å²) >= 11 is 5.54. The van der Waals surface area contributed by atoms with E-state index in [0.717, 1.165) is 17.2 Å². The average molecular weight is 249 g/mol. The Bertz CT molecular complexity index is 440. The Labute approximate surface area is 106 Å². The number of ether oxygens (including phenoxy) is 2. The van der Waals surface area contributed by atoms with E-state index in [9.17, 15) is 0 Å². The summed E-state index contributed by atoms with van der Waals surface area (Å²) in [6, 6.07) is 17.1. The van der Waals surface area contributed by atoms with E-state index in [2.05, 4.69) is 0 Å². The van der Waals surface area contributed by atoms with E-state index in [-0.39, 0.29) is 0 Å². The summed E-state index contributed by atoms with van der Waals surface area (Å²) in [5.74, 6) is 2.89. The van der Waals surface area contributed by atoms with Crippen LogP contribution in [0, 0.1) is 0 Å². The predicted octanol–water partition coefficient (Wildman–Crippen LogP) is 4.10. The van der Waals surface area contributed by atoms with Crippen molar-refractivity contribution in [2.75, 3.05) is 12.5 Å².